The van der Waals surface area contributed by atoms with E-state index in [0.29, 0.717) is 0 Å². The molecule has 0 fully saturated rings. The van der Waals surface area contributed by atoms with Crippen LogP contribution in [0.4, 0.5) is 0 Å². The van der Waals surface area contributed by atoms with Crippen molar-refractivity contribution in [3.05, 3.63) is 134 Å². The molecule has 0 amide bonds. The molecule has 0 aliphatic heterocycles. The van der Waals surface area contributed by atoms with E-state index < -0.39 is 0 Å². The second kappa shape index (κ2) is 8.44. The summed E-state index contributed by atoms with van der Waals surface area (Å²) in [5.74, 6) is 0. The highest BCUT2D eigenvalue weighted by Crippen LogP contribution is 2.47. The van der Waals surface area contributed by atoms with Crippen LogP contribution >= 0.6 is 0 Å². The predicted octanol–water partition coefficient (Wildman–Crippen LogP) is 9.10. The first-order valence-corrected chi connectivity index (χ1v) is 13.8. The molecule has 190 valence electrons. The first kappa shape index (κ1) is 22.2. The van der Waals surface area contributed by atoms with Gasteiger partial charge >= 0.3 is 0 Å². The lowest BCUT2D eigenvalue weighted by molar-refractivity contribution is 1.17. The Bertz CT molecular complexity index is 2210. The summed E-state index contributed by atoms with van der Waals surface area (Å²) in [6.45, 7) is 0. The molecule has 41 heavy (non-hydrogen) atoms. The van der Waals surface area contributed by atoms with Gasteiger partial charge in [0.25, 0.3) is 0 Å². The highest BCUT2D eigenvalue weighted by atomic mass is 15.0. The molecule has 4 heteroatoms. The standard InChI is InChI=1S/C37H22N4/c1-2-7-33-28(4-1)29-18-19-38-22-34(29)41(33)26-14-12-24(13-15-26)23-8-10-25(11-9-23)27-16-17-32-35-30(27)5-3-6-31(35)36-37(32)40-21-20-39-36/h1-22H. The average molecular weight is 523 g/mol. The van der Waals surface area contributed by atoms with Crippen molar-refractivity contribution in [1.29, 1.82) is 0 Å². The van der Waals surface area contributed by atoms with E-state index in [1.54, 1.807) is 12.4 Å². The molecule has 0 atom stereocenters. The summed E-state index contributed by atoms with van der Waals surface area (Å²) >= 11 is 0. The quantitative estimate of drug-likeness (QED) is 0.232. The zero-order chi connectivity index (χ0) is 26.9. The molecule has 3 heterocycles. The normalized spacial score (nSPS) is 11.9. The van der Waals surface area contributed by atoms with Gasteiger partial charge in [-0.3, -0.25) is 15.0 Å². The van der Waals surface area contributed by atoms with Gasteiger partial charge in [0.1, 0.15) is 0 Å². The number of fused-ring (bicyclic) bond motifs is 6. The van der Waals surface area contributed by atoms with Crippen molar-refractivity contribution < 1.29 is 0 Å². The van der Waals surface area contributed by atoms with Crippen LogP contribution in [-0.2, 0) is 0 Å². The van der Waals surface area contributed by atoms with Crippen molar-refractivity contribution in [2.75, 3.05) is 0 Å². The molecular formula is C37H22N4. The lowest BCUT2D eigenvalue weighted by Gasteiger charge is -2.11. The van der Waals surface area contributed by atoms with Gasteiger partial charge in [0, 0.05) is 51.6 Å². The highest BCUT2D eigenvalue weighted by molar-refractivity contribution is 6.17. The second-order valence-corrected chi connectivity index (χ2v) is 10.5. The average Bonchev–Trinajstić information content (AvgIpc) is 3.56. The van der Waals surface area contributed by atoms with Crippen molar-refractivity contribution in [3.8, 4) is 50.5 Å². The van der Waals surface area contributed by atoms with Crippen LogP contribution in [0, 0.1) is 0 Å². The minimum Gasteiger partial charge on any atom is -0.308 e. The van der Waals surface area contributed by atoms with E-state index in [-0.39, 0.29) is 0 Å². The fourth-order valence-corrected chi connectivity index (χ4v) is 6.53. The first-order chi connectivity index (χ1) is 20.3. The number of hydrogen-bond acceptors (Lipinski definition) is 3. The number of hydrogen-bond donors (Lipinski definition) is 0. The summed E-state index contributed by atoms with van der Waals surface area (Å²) in [5, 5.41) is 4.93. The maximum absolute atomic E-state index is 4.63. The number of nitrogens with zero attached hydrogens (tertiary/aromatic N) is 4. The summed E-state index contributed by atoms with van der Waals surface area (Å²) in [6, 6.07) is 39.2. The van der Waals surface area contributed by atoms with Crippen molar-refractivity contribution in [3.63, 3.8) is 0 Å². The van der Waals surface area contributed by atoms with Crippen LogP contribution in [0.5, 0.6) is 0 Å². The Kier molecular flexibility index (Phi) is 4.58. The molecule has 0 saturated heterocycles. The summed E-state index contributed by atoms with van der Waals surface area (Å²) in [7, 11) is 0. The van der Waals surface area contributed by atoms with Crippen LogP contribution < -0.4 is 0 Å². The Morgan fingerprint density at radius 1 is 0.439 bits per heavy atom. The molecule has 3 aromatic heterocycles. The summed E-state index contributed by atoms with van der Waals surface area (Å²) in [4.78, 5) is 13.7. The van der Waals surface area contributed by atoms with E-state index in [0.717, 1.165) is 33.7 Å². The van der Waals surface area contributed by atoms with Crippen LogP contribution in [0.25, 0.3) is 83.0 Å². The minimum atomic E-state index is 0.973. The molecule has 0 N–H and O–H groups in total. The van der Waals surface area contributed by atoms with Gasteiger partial charge in [-0.25, -0.2) is 0 Å². The molecule has 1 aliphatic carbocycles. The zero-order valence-corrected chi connectivity index (χ0v) is 22.0. The topological polar surface area (TPSA) is 43.6 Å². The van der Waals surface area contributed by atoms with Gasteiger partial charge in [-0.05, 0) is 51.9 Å². The van der Waals surface area contributed by atoms with Crippen molar-refractivity contribution in [2.45, 2.75) is 0 Å². The molecule has 5 aromatic carbocycles. The van der Waals surface area contributed by atoms with Gasteiger partial charge in [0.05, 0.1) is 28.6 Å². The Balaban J connectivity index is 1.09. The lowest BCUT2D eigenvalue weighted by atomic mass is 9.93. The van der Waals surface area contributed by atoms with Gasteiger partial charge in [-0.1, -0.05) is 84.9 Å². The van der Waals surface area contributed by atoms with E-state index in [1.165, 1.54) is 49.3 Å². The van der Waals surface area contributed by atoms with E-state index >= 15 is 0 Å². The maximum atomic E-state index is 4.63. The summed E-state index contributed by atoms with van der Waals surface area (Å²) in [5.41, 5.74) is 12.5. The van der Waals surface area contributed by atoms with Gasteiger partial charge < -0.3 is 4.57 Å². The smallest absolute Gasteiger partial charge is 0.0971 e. The van der Waals surface area contributed by atoms with Gasteiger partial charge in [0.2, 0.25) is 0 Å². The molecule has 4 nitrogen and oxygen atoms in total. The monoisotopic (exact) mass is 522 g/mol. The fraction of sp³-hybridized carbons (Fsp3) is 0. The molecule has 8 aromatic rings. The molecule has 0 unspecified atom stereocenters. The van der Waals surface area contributed by atoms with Gasteiger partial charge in [-0.15, -0.1) is 0 Å². The van der Waals surface area contributed by atoms with E-state index in [1.807, 2.05) is 12.4 Å². The Hall–Kier alpha value is -5.61. The van der Waals surface area contributed by atoms with Crippen LogP contribution in [0.3, 0.4) is 0 Å². The SMILES string of the molecule is c1cc2c3c(ccc(-c4ccc(-c5ccc(-n6c7ccccc7c7ccncc76)cc5)cc4)c3c1)-c1nccnc1-2. The van der Waals surface area contributed by atoms with Crippen LogP contribution in [-0.4, -0.2) is 19.5 Å². The zero-order valence-electron chi connectivity index (χ0n) is 22.0. The fourth-order valence-electron chi connectivity index (χ4n) is 6.53. The molecular weight excluding hydrogens is 500 g/mol. The molecule has 1 aliphatic rings. The first-order valence-electron chi connectivity index (χ1n) is 13.8. The highest BCUT2D eigenvalue weighted by Gasteiger charge is 2.24. The Labute approximate surface area is 236 Å². The second-order valence-electron chi connectivity index (χ2n) is 10.5. The van der Waals surface area contributed by atoms with Crippen molar-refractivity contribution in [2.24, 2.45) is 0 Å². The van der Waals surface area contributed by atoms with E-state index in [4.69, 9.17) is 0 Å². The molecule has 0 bridgehead atoms. The van der Waals surface area contributed by atoms with E-state index in [9.17, 15) is 0 Å². The molecule has 0 radical (unpaired) electrons. The van der Waals surface area contributed by atoms with Crippen molar-refractivity contribution in [1.82, 2.24) is 19.5 Å². The number of benzene rings is 5. The maximum Gasteiger partial charge on any atom is 0.0971 e. The van der Waals surface area contributed by atoms with Crippen LogP contribution in [0.15, 0.2) is 134 Å². The number of para-hydroxylation sites is 1. The Morgan fingerprint density at radius 2 is 1.07 bits per heavy atom. The third-order valence-corrected chi connectivity index (χ3v) is 8.38. The summed E-state index contributed by atoms with van der Waals surface area (Å²) in [6.07, 6.45) is 7.36. The largest absolute Gasteiger partial charge is 0.308 e. The number of pyridine rings is 1. The third kappa shape index (κ3) is 3.19. The van der Waals surface area contributed by atoms with Crippen LogP contribution in [0.2, 0.25) is 0 Å². The van der Waals surface area contributed by atoms with Gasteiger partial charge in [0.15, 0.2) is 0 Å². The van der Waals surface area contributed by atoms with E-state index in [2.05, 4.69) is 129 Å². The minimum absolute atomic E-state index is 0.973. The number of rotatable bonds is 3. The third-order valence-electron chi connectivity index (χ3n) is 8.38. The van der Waals surface area contributed by atoms with Gasteiger partial charge in [-0.2, -0.15) is 0 Å². The molecule has 9 rings (SSSR count). The predicted molar refractivity (Wildman–Crippen MR) is 167 cm³/mol. The van der Waals surface area contributed by atoms with Crippen LogP contribution in [0.1, 0.15) is 0 Å². The molecule has 0 saturated carbocycles. The Morgan fingerprint density at radius 3 is 1.88 bits per heavy atom. The molecule has 0 spiro atoms. The number of aromatic nitrogens is 4. The summed E-state index contributed by atoms with van der Waals surface area (Å²) < 4.78 is 2.30. The lowest BCUT2D eigenvalue weighted by Crippen LogP contribution is -1.94. The van der Waals surface area contributed by atoms with Crippen molar-refractivity contribution >= 4 is 32.6 Å².